The fourth-order valence-electron chi connectivity index (χ4n) is 3.89. The average Bonchev–Trinajstić information content (AvgIpc) is 3.22. The summed E-state index contributed by atoms with van der Waals surface area (Å²) in [6, 6.07) is 8.83. The number of nitrogens with zero attached hydrogens (tertiary/aromatic N) is 6. The Labute approximate surface area is 158 Å². The van der Waals surface area contributed by atoms with Gasteiger partial charge in [0, 0.05) is 45.3 Å². The summed E-state index contributed by atoms with van der Waals surface area (Å²) in [5, 5.41) is 9.29. The molecule has 140 valence electrons. The van der Waals surface area contributed by atoms with E-state index >= 15 is 0 Å². The Kier molecular flexibility index (Phi) is 4.80. The van der Waals surface area contributed by atoms with Crippen molar-refractivity contribution in [3.05, 3.63) is 41.5 Å². The van der Waals surface area contributed by atoms with E-state index in [1.807, 2.05) is 11.8 Å². The van der Waals surface area contributed by atoms with Crippen LogP contribution in [0.25, 0.3) is 0 Å². The normalized spacial score (nSPS) is 17.3. The van der Waals surface area contributed by atoms with Crippen molar-refractivity contribution in [2.45, 2.75) is 19.8 Å². The van der Waals surface area contributed by atoms with Crippen LogP contribution >= 0.6 is 0 Å². The first-order chi connectivity index (χ1) is 13.2. The minimum absolute atomic E-state index is 0.336. The average molecular weight is 366 g/mol. The molecule has 4 rings (SSSR count). The number of aromatic nitrogens is 2. The summed E-state index contributed by atoms with van der Waals surface area (Å²) in [6.45, 7) is 6.79. The van der Waals surface area contributed by atoms with Gasteiger partial charge in [-0.25, -0.2) is 14.4 Å². The number of halogens is 1. The molecule has 0 bridgehead atoms. The molecule has 0 unspecified atom stereocenters. The van der Waals surface area contributed by atoms with Gasteiger partial charge in [0.1, 0.15) is 29.3 Å². The van der Waals surface area contributed by atoms with Crippen molar-refractivity contribution in [1.82, 2.24) is 9.97 Å². The van der Waals surface area contributed by atoms with Gasteiger partial charge in [-0.3, -0.25) is 0 Å². The van der Waals surface area contributed by atoms with Crippen molar-refractivity contribution in [2.75, 3.05) is 54.0 Å². The summed E-state index contributed by atoms with van der Waals surface area (Å²) < 4.78 is 14.3. The maximum Gasteiger partial charge on any atom is 0.147 e. The summed E-state index contributed by atoms with van der Waals surface area (Å²) >= 11 is 0. The molecule has 0 amide bonds. The molecule has 6 nitrogen and oxygen atoms in total. The monoisotopic (exact) mass is 366 g/mol. The molecule has 0 saturated carbocycles. The lowest BCUT2D eigenvalue weighted by Crippen LogP contribution is -2.47. The number of nitriles is 1. The standard InChI is InChI=1S/C20H23FN6/c1-15-23-18(25-7-2-3-8-25)13-19(24-15)26-9-11-27(12-10-26)20-16(14-22)5-4-6-17(20)21/h4-6,13H,2-3,7-12H2,1H3. The lowest BCUT2D eigenvalue weighted by Gasteiger charge is -2.37. The maximum atomic E-state index is 14.3. The van der Waals surface area contributed by atoms with Crippen molar-refractivity contribution in [3.8, 4) is 6.07 Å². The molecule has 2 fully saturated rings. The van der Waals surface area contributed by atoms with E-state index in [0.29, 0.717) is 24.3 Å². The Hall–Kier alpha value is -2.88. The molecule has 0 N–H and O–H groups in total. The van der Waals surface area contributed by atoms with E-state index in [9.17, 15) is 9.65 Å². The van der Waals surface area contributed by atoms with Gasteiger partial charge < -0.3 is 14.7 Å². The quantitative estimate of drug-likeness (QED) is 0.832. The van der Waals surface area contributed by atoms with Crippen molar-refractivity contribution >= 4 is 17.3 Å². The predicted octanol–water partition coefficient (Wildman–Crippen LogP) is 2.72. The third kappa shape index (κ3) is 3.52. The van der Waals surface area contributed by atoms with Crippen LogP contribution in [0.15, 0.2) is 24.3 Å². The topological polar surface area (TPSA) is 59.3 Å². The molecule has 1 aromatic heterocycles. The van der Waals surface area contributed by atoms with Gasteiger partial charge >= 0.3 is 0 Å². The highest BCUT2D eigenvalue weighted by Crippen LogP contribution is 2.27. The van der Waals surface area contributed by atoms with Crippen LogP contribution < -0.4 is 14.7 Å². The zero-order valence-electron chi connectivity index (χ0n) is 15.5. The Balaban J connectivity index is 1.51. The second kappa shape index (κ2) is 7.39. The van der Waals surface area contributed by atoms with Crippen molar-refractivity contribution in [3.63, 3.8) is 0 Å². The van der Waals surface area contributed by atoms with E-state index in [4.69, 9.17) is 0 Å². The van der Waals surface area contributed by atoms with Crippen LogP contribution in [0.1, 0.15) is 24.2 Å². The first-order valence-electron chi connectivity index (χ1n) is 9.45. The number of hydrogen-bond acceptors (Lipinski definition) is 6. The highest BCUT2D eigenvalue weighted by molar-refractivity contribution is 5.61. The Morgan fingerprint density at radius 3 is 2.15 bits per heavy atom. The van der Waals surface area contributed by atoms with E-state index in [-0.39, 0.29) is 5.82 Å². The smallest absolute Gasteiger partial charge is 0.147 e. The second-order valence-corrected chi connectivity index (χ2v) is 7.05. The summed E-state index contributed by atoms with van der Waals surface area (Å²) in [5.41, 5.74) is 0.800. The number of rotatable bonds is 3. The molecular weight excluding hydrogens is 343 g/mol. The van der Waals surface area contributed by atoms with Gasteiger partial charge in [0.05, 0.1) is 11.3 Å². The van der Waals surface area contributed by atoms with Gasteiger partial charge in [-0.2, -0.15) is 5.26 Å². The minimum atomic E-state index is -0.336. The minimum Gasteiger partial charge on any atom is -0.365 e. The number of aryl methyl sites for hydroxylation is 1. The lowest BCUT2D eigenvalue weighted by atomic mass is 10.1. The molecule has 0 radical (unpaired) electrons. The molecule has 2 saturated heterocycles. The van der Waals surface area contributed by atoms with Crippen LogP contribution in [0.2, 0.25) is 0 Å². The number of para-hydroxylation sites is 1. The van der Waals surface area contributed by atoms with E-state index in [2.05, 4.69) is 31.9 Å². The van der Waals surface area contributed by atoms with Crippen LogP contribution in [0.5, 0.6) is 0 Å². The van der Waals surface area contributed by atoms with Crippen LogP contribution in [-0.2, 0) is 0 Å². The summed E-state index contributed by atoms with van der Waals surface area (Å²) in [6.07, 6.45) is 2.42. The number of benzene rings is 1. The van der Waals surface area contributed by atoms with E-state index in [1.54, 1.807) is 12.1 Å². The first kappa shape index (κ1) is 17.5. The van der Waals surface area contributed by atoms with E-state index in [0.717, 1.165) is 43.6 Å². The molecule has 0 aliphatic carbocycles. The van der Waals surface area contributed by atoms with Crippen LogP contribution in [0.4, 0.5) is 21.7 Å². The highest BCUT2D eigenvalue weighted by Gasteiger charge is 2.24. The summed E-state index contributed by atoms with van der Waals surface area (Å²) in [7, 11) is 0. The molecule has 27 heavy (non-hydrogen) atoms. The van der Waals surface area contributed by atoms with Crippen LogP contribution in [0, 0.1) is 24.1 Å². The second-order valence-electron chi connectivity index (χ2n) is 7.05. The Bertz CT molecular complexity index is 863. The largest absolute Gasteiger partial charge is 0.365 e. The highest BCUT2D eigenvalue weighted by atomic mass is 19.1. The van der Waals surface area contributed by atoms with Gasteiger partial charge in [-0.15, -0.1) is 0 Å². The van der Waals surface area contributed by atoms with E-state index in [1.165, 1.54) is 18.9 Å². The lowest BCUT2D eigenvalue weighted by molar-refractivity contribution is 0.595. The molecular formula is C20H23FN6. The van der Waals surface area contributed by atoms with Crippen molar-refractivity contribution in [2.24, 2.45) is 0 Å². The zero-order chi connectivity index (χ0) is 18.8. The van der Waals surface area contributed by atoms with Crippen molar-refractivity contribution < 1.29 is 4.39 Å². The van der Waals surface area contributed by atoms with Crippen LogP contribution in [0.3, 0.4) is 0 Å². The molecule has 0 atom stereocenters. The summed E-state index contributed by atoms with van der Waals surface area (Å²) in [5.74, 6) is 2.37. The van der Waals surface area contributed by atoms with Gasteiger partial charge in [0.25, 0.3) is 0 Å². The first-order valence-corrected chi connectivity index (χ1v) is 9.45. The third-order valence-corrected chi connectivity index (χ3v) is 5.27. The van der Waals surface area contributed by atoms with Crippen LogP contribution in [-0.4, -0.2) is 49.2 Å². The fourth-order valence-corrected chi connectivity index (χ4v) is 3.89. The maximum absolute atomic E-state index is 14.3. The van der Waals surface area contributed by atoms with Gasteiger partial charge in [0.15, 0.2) is 0 Å². The van der Waals surface area contributed by atoms with E-state index < -0.39 is 0 Å². The predicted molar refractivity (Wildman–Crippen MR) is 104 cm³/mol. The molecule has 2 aromatic rings. The zero-order valence-corrected chi connectivity index (χ0v) is 15.5. The summed E-state index contributed by atoms with van der Waals surface area (Å²) in [4.78, 5) is 15.7. The third-order valence-electron chi connectivity index (χ3n) is 5.27. The number of hydrogen-bond donors (Lipinski definition) is 0. The molecule has 3 heterocycles. The fraction of sp³-hybridized carbons (Fsp3) is 0.450. The van der Waals surface area contributed by atoms with Crippen molar-refractivity contribution in [1.29, 1.82) is 5.26 Å². The molecule has 2 aliphatic rings. The number of piperazine rings is 1. The van der Waals surface area contributed by atoms with Gasteiger partial charge in [0.2, 0.25) is 0 Å². The van der Waals surface area contributed by atoms with Gasteiger partial charge in [-0.05, 0) is 31.9 Å². The Morgan fingerprint density at radius 2 is 1.52 bits per heavy atom. The molecule has 2 aliphatic heterocycles. The molecule has 0 spiro atoms. The SMILES string of the molecule is Cc1nc(N2CCCC2)cc(N2CCN(c3c(F)cccc3C#N)CC2)n1. The molecule has 1 aromatic carbocycles. The number of anilines is 3. The van der Waals surface area contributed by atoms with Gasteiger partial charge in [-0.1, -0.05) is 6.07 Å². The Morgan fingerprint density at radius 1 is 0.926 bits per heavy atom. The molecule has 7 heteroatoms.